The molecule has 0 aromatic carbocycles. The molecule has 4 atom stereocenters. The van der Waals surface area contributed by atoms with Crippen LogP contribution in [0.4, 0.5) is 0 Å². The van der Waals surface area contributed by atoms with Crippen molar-refractivity contribution in [1.29, 1.82) is 0 Å². The molecular formula is C26H58Li2O7. The number of hydrogen-bond donors (Lipinski definition) is 0. The van der Waals surface area contributed by atoms with Crippen molar-refractivity contribution in [2.45, 2.75) is 114 Å². The molecule has 0 amide bonds. The van der Waals surface area contributed by atoms with Gasteiger partial charge in [0.1, 0.15) is 0 Å². The van der Waals surface area contributed by atoms with Crippen LogP contribution in [0.1, 0.15) is 114 Å². The smallest absolute Gasteiger partial charge is 0.550 e. The monoisotopic (exact) mass is 496 g/mol. The molecule has 1 heterocycles. The van der Waals surface area contributed by atoms with Gasteiger partial charge in [-0.2, -0.15) is 0 Å². The number of carbonyl (C=O) groups is 4. The van der Waals surface area contributed by atoms with Gasteiger partial charge in [0.2, 0.25) is 0 Å². The van der Waals surface area contributed by atoms with Gasteiger partial charge in [-0.25, -0.2) is 0 Å². The SMILES string of the molecule is C.C.C.C.C.C.C.C.CC(C(=O)[O-])C(CC(C)(C)C1C(=O)OC(=O)C1CC(C)(C)C)C(=O)[O-].[Li+].[Li+]. The second kappa shape index (κ2) is 23.7. The minimum Gasteiger partial charge on any atom is -0.550 e. The van der Waals surface area contributed by atoms with Crippen LogP contribution < -0.4 is 47.9 Å². The Balaban J connectivity index is -0.0000000781. The van der Waals surface area contributed by atoms with Gasteiger partial charge < -0.3 is 24.5 Å². The fourth-order valence-electron chi connectivity index (χ4n) is 3.59. The van der Waals surface area contributed by atoms with Crippen LogP contribution in [-0.4, -0.2) is 23.9 Å². The number of ether oxygens (including phenoxy) is 1. The number of hydrogen-bond acceptors (Lipinski definition) is 7. The van der Waals surface area contributed by atoms with Crippen LogP contribution in [0.15, 0.2) is 0 Å². The first kappa shape index (κ1) is 64.4. The molecule has 0 N–H and O–H groups in total. The summed E-state index contributed by atoms with van der Waals surface area (Å²) in [6, 6.07) is 0. The van der Waals surface area contributed by atoms with Gasteiger partial charge in [0, 0.05) is 23.8 Å². The van der Waals surface area contributed by atoms with Crippen molar-refractivity contribution >= 4 is 23.9 Å². The molecule has 35 heavy (non-hydrogen) atoms. The summed E-state index contributed by atoms with van der Waals surface area (Å²) in [6.07, 6.45) is 0.260. The van der Waals surface area contributed by atoms with E-state index in [1.165, 1.54) is 6.92 Å². The van der Waals surface area contributed by atoms with Crippen LogP contribution in [0.25, 0.3) is 0 Å². The van der Waals surface area contributed by atoms with Gasteiger partial charge in [0.05, 0.1) is 11.8 Å². The van der Waals surface area contributed by atoms with E-state index < -0.39 is 53.0 Å². The molecule has 0 saturated carbocycles. The summed E-state index contributed by atoms with van der Waals surface area (Å²) >= 11 is 0. The molecule has 0 spiro atoms. The first-order chi connectivity index (χ1) is 11.2. The molecule has 0 aromatic rings. The van der Waals surface area contributed by atoms with Gasteiger partial charge in [-0.3, -0.25) is 9.59 Å². The predicted octanol–water partition coefficient (Wildman–Crippen LogP) is -0.996. The van der Waals surface area contributed by atoms with Crippen LogP contribution in [0, 0.1) is 34.5 Å². The summed E-state index contributed by atoms with van der Waals surface area (Å²) in [4.78, 5) is 46.8. The first-order valence-corrected chi connectivity index (χ1v) is 8.34. The zero-order valence-corrected chi connectivity index (χ0v) is 17.6. The molecule has 9 heteroatoms. The van der Waals surface area contributed by atoms with Crippen molar-refractivity contribution in [3.05, 3.63) is 0 Å². The number of rotatable bonds is 7. The number of aliphatic carboxylic acids is 2. The molecule has 0 bridgehead atoms. The van der Waals surface area contributed by atoms with Gasteiger partial charge in [-0.05, 0) is 23.7 Å². The Morgan fingerprint density at radius 3 is 1.46 bits per heavy atom. The minimum absolute atomic E-state index is 0. The number of carboxylic acids is 2. The van der Waals surface area contributed by atoms with Crippen molar-refractivity contribution in [2.75, 3.05) is 0 Å². The van der Waals surface area contributed by atoms with Crippen LogP contribution >= 0.6 is 0 Å². The Morgan fingerprint density at radius 2 is 1.17 bits per heavy atom. The number of carboxylic acid groups (broad SMARTS) is 2. The Kier molecular flexibility index (Phi) is 43.5. The van der Waals surface area contributed by atoms with E-state index in [2.05, 4.69) is 0 Å². The number of cyclic esters (lactones) is 2. The van der Waals surface area contributed by atoms with Crippen LogP contribution in [-0.2, 0) is 23.9 Å². The van der Waals surface area contributed by atoms with Gasteiger partial charge in [0.25, 0.3) is 0 Å². The number of carbonyl (C=O) groups excluding carboxylic acids is 4. The quantitative estimate of drug-likeness (QED) is 0.252. The van der Waals surface area contributed by atoms with Crippen molar-refractivity contribution in [1.82, 2.24) is 0 Å². The zero-order chi connectivity index (χ0) is 19.7. The molecule has 1 aliphatic rings. The predicted molar refractivity (Wildman–Crippen MR) is 137 cm³/mol. The second-order valence-electron chi connectivity index (χ2n) is 8.82. The van der Waals surface area contributed by atoms with Crippen molar-refractivity contribution in [3.8, 4) is 0 Å². The first-order valence-electron chi connectivity index (χ1n) is 8.34. The van der Waals surface area contributed by atoms with Gasteiger partial charge in [-0.15, -0.1) is 0 Å². The molecule has 7 nitrogen and oxygen atoms in total. The standard InChI is InChI=1S/C18H28O7.8CH4.2Li/c1-9(13(19)20)10(14(21)22)8-18(5,6)12-11(7-17(2,3)4)15(23)25-16(12)24;;;;;;;;;;/h9-12H,7-8H2,1-6H3,(H,19,20)(H,21,22);8*1H4;;/q;;;;;;;;;2*+1/p-2. The topological polar surface area (TPSA) is 124 Å². The van der Waals surface area contributed by atoms with E-state index in [0.717, 1.165) is 0 Å². The van der Waals surface area contributed by atoms with E-state index in [1.807, 2.05) is 20.8 Å². The van der Waals surface area contributed by atoms with Crippen LogP contribution in [0.2, 0.25) is 0 Å². The zero-order valence-electron chi connectivity index (χ0n) is 17.6. The maximum Gasteiger partial charge on any atom is 1.00 e. The largest absolute Gasteiger partial charge is 1.00 e. The van der Waals surface area contributed by atoms with Crippen molar-refractivity contribution in [3.63, 3.8) is 0 Å². The van der Waals surface area contributed by atoms with E-state index in [4.69, 9.17) is 4.74 Å². The summed E-state index contributed by atoms with van der Waals surface area (Å²) in [7, 11) is 0. The normalized spacial score (nSPS) is 17.1. The van der Waals surface area contributed by atoms with E-state index in [1.54, 1.807) is 13.8 Å². The molecule has 1 saturated heterocycles. The third-order valence-corrected chi connectivity index (χ3v) is 4.86. The van der Waals surface area contributed by atoms with E-state index in [9.17, 15) is 29.4 Å². The Morgan fingerprint density at radius 1 is 0.800 bits per heavy atom. The fraction of sp³-hybridized carbons (Fsp3) is 0.846. The van der Waals surface area contributed by atoms with E-state index >= 15 is 0 Å². The van der Waals surface area contributed by atoms with Crippen molar-refractivity contribution < 1.29 is 71.8 Å². The Hall–Kier alpha value is -0.725. The average Bonchev–Trinajstić information content (AvgIpc) is 2.68. The molecular weight excluding hydrogens is 438 g/mol. The Labute approximate surface area is 243 Å². The van der Waals surface area contributed by atoms with Gasteiger partial charge in [0.15, 0.2) is 0 Å². The second-order valence-corrected chi connectivity index (χ2v) is 8.82. The van der Waals surface area contributed by atoms with Gasteiger partial charge in [-0.1, -0.05) is 101 Å². The Bertz CT molecular complexity index is 585. The molecule has 206 valence electrons. The molecule has 1 aliphatic heterocycles. The molecule has 4 unspecified atom stereocenters. The van der Waals surface area contributed by atoms with Crippen molar-refractivity contribution in [2.24, 2.45) is 34.5 Å². The summed E-state index contributed by atoms with van der Waals surface area (Å²) < 4.78 is 4.80. The van der Waals surface area contributed by atoms with E-state index in [0.29, 0.717) is 6.42 Å². The third kappa shape index (κ3) is 17.4. The maximum absolute atomic E-state index is 12.2. The van der Waals surface area contributed by atoms with Crippen LogP contribution in [0.3, 0.4) is 0 Å². The molecule has 0 aliphatic carbocycles. The van der Waals surface area contributed by atoms with Gasteiger partial charge >= 0.3 is 49.7 Å². The fourth-order valence-corrected chi connectivity index (χ4v) is 3.59. The summed E-state index contributed by atoms with van der Waals surface area (Å²) in [5.74, 6) is -8.47. The summed E-state index contributed by atoms with van der Waals surface area (Å²) in [5.41, 5.74) is -1.21. The average molecular weight is 497 g/mol. The number of esters is 2. The minimum atomic E-state index is -1.52. The molecule has 1 rings (SSSR count). The maximum atomic E-state index is 12.2. The van der Waals surface area contributed by atoms with E-state index in [-0.39, 0.29) is 109 Å². The molecule has 0 aromatic heterocycles. The van der Waals surface area contributed by atoms with Crippen LogP contribution in [0.5, 0.6) is 0 Å². The summed E-state index contributed by atoms with van der Waals surface area (Å²) in [6.45, 7) is 10.3. The summed E-state index contributed by atoms with van der Waals surface area (Å²) in [5, 5.41) is 22.5. The molecule has 1 fully saturated rings. The molecule has 0 radical (unpaired) electrons. The third-order valence-electron chi connectivity index (χ3n) is 4.86.